The minimum Gasteiger partial charge on any atom is -0.333 e. The maximum atomic E-state index is 4.50. The lowest BCUT2D eigenvalue weighted by molar-refractivity contribution is 1.19. The van der Waals surface area contributed by atoms with Gasteiger partial charge in [-0.2, -0.15) is 0 Å². The number of hydrogen-bond acceptors (Lipinski definition) is 3. The van der Waals surface area contributed by atoms with E-state index in [0.29, 0.717) is 5.84 Å². The predicted octanol–water partition coefficient (Wildman–Crippen LogP) is 2.50. The molecule has 0 fully saturated rings. The first-order valence-electron chi connectivity index (χ1n) is 5.63. The fourth-order valence-electron chi connectivity index (χ4n) is 1.06. The first-order valence-corrected chi connectivity index (χ1v) is 5.63. The monoisotopic (exact) mass is 244 g/mol. The third kappa shape index (κ3) is 6.50. The number of hydrogen-bond donors (Lipinski definition) is 1. The summed E-state index contributed by atoms with van der Waals surface area (Å²) in [5, 5.41) is 0. The Balaban J connectivity index is 0.00000137. The van der Waals surface area contributed by atoms with Gasteiger partial charge < -0.3 is 5.73 Å². The van der Waals surface area contributed by atoms with Gasteiger partial charge in [0.25, 0.3) is 0 Å². The van der Waals surface area contributed by atoms with Crippen LogP contribution < -0.4 is 5.73 Å². The molecule has 0 aliphatic heterocycles. The van der Waals surface area contributed by atoms with Crippen molar-refractivity contribution in [3.8, 4) is 0 Å². The summed E-state index contributed by atoms with van der Waals surface area (Å²) in [4.78, 5) is 12.6. The van der Waals surface area contributed by atoms with Crippen LogP contribution in [-0.2, 0) is 0 Å². The Morgan fingerprint density at radius 3 is 2.67 bits per heavy atom. The summed E-state index contributed by atoms with van der Waals surface area (Å²) in [7, 11) is 1.50. The van der Waals surface area contributed by atoms with E-state index in [1.54, 1.807) is 18.5 Å². The van der Waals surface area contributed by atoms with Gasteiger partial charge in [0.15, 0.2) is 5.84 Å². The molecule has 0 spiro atoms. The van der Waals surface area contributed by atoms with Crippen LogP contribution in [0.5, 0.6) is 0 Å². The smallest absolute Gasteiger partial charge is 0.151 e. The number of nitrogens with zero attached hydrogens (tertiary/aromatic N) is 3. The van der Waals surface area contributed by atoms with E-state index in [9.17, 15) is 0 Å². The first kappa shape index (κ1) is 15.9. The standard InChI is InChI=1S/C13H15N3.CH5N/c1-4-9-14-13(5-2)15-10-12-8-6-7-11(3)16-12;1-2/h4-10H,2H2,1,3H3;2H2,1H3/b9-4-,14-13?,15-10?;. The molecule has 0 saturated carbocycles. The van der Waals surface area contributed by atoms with Gasteiger partial charge >= 0.3 is 0 Å². The van der Waals surface area contributed by atoms with Crippen LogP contribution in [0.3, 0.4) is 0 Å². The highest BCUT2D eigenvalue weighted by atomic mass is 14.9. The zero-order valence-electron chi connectivity index (χ0n) is 11.2. The summed E-state index contributed by atoms with van der Waals surface area (Å²) < 4.78 is 0. The first-order chi connectivity index (χ1) is 8.76. The molecule has 0 radical (unpaired) electrons. The summed E-state index contributed by atoms with van der Waals surface area (Å²) in [5.74, 6) is 0.571. The Morgan fingerprint density at radius 2 is 2.11 bits per heavy atom. The zero-order chi connectivity index (χ0) is 13.8. The number of aromatic nitrogens is 1. The van der Waals surface area contributed by atoms with Gasteiger partial charge in [0.1, 0.15) is 0 Å². The van der Waals surface area contributed by atoms with Crippen molar-refractivity contribution >= 4 is 12.1 Å². The second kappa shape index (κ2) is 10.1. The Labute approximate surface area is 109 Å². The summed E-state index contributed by atoms with van der Waals surface area (Å²) in [5.41, 5.74) is 6.28. The molecule has 18 heavy (non-hydrogen) atoms. The van der Waals surface area contributed by atoms with Gasteiger partial charge in [0.05, 0.1) is 11.9 Å². The van der Waals surface area contributed by atoms with Gasteiger partial charge in [-0.15, -0.1) is 0 Å². The third-order valence-corrected chi connectivity index (χ3v) is 1.78. The van der Waals surface area contributed by atoms with E-state index >= 15 is 0 Å². The number of nitrogens with two attached hydrogens (primary N) is 1. The van der Waals surface area contributed by atoms with Gasteiger partial charge in [-0.05, 0) is 39.1 Å². The molecule has 0 saturated heterocycles. The van der Waals surface area contributed by atoms with Crippen molar-refractivity contribution in [1.29, 1.82) is 0 Å². The van der Waals surface area contributed by atoms with E-state index in [1.807, 2.05) is 38.1 Å². The predicted molar refractivity (Wildman–Crippen MR) is 79.1 cm³/mol. The molecule has 1 rings (SSSR count). The number of rotatable bonds is 3. The number of aryl methyl sites for hydroxylation is 1. The molecule has 1 aromatic heterocycles. The topological polar surface area (TPSA) is 63.6 Å². The fourth-order valence-corrected chi connectivity index (χ4v) is 1.06. The van der Waals surface area contributed by atoms with Gasteiger partial charge in [-0.1, -0.05) is 18.7 Å². The summed E-state index contributed by atoms with van der Waals surface area (Å²) in [6, 6.07) is 5.78. The normalized spacial score (nSPS) is 11.4. The fraction of sp³-hybridized carbons (Fsp3) is 0.214. The van der Waals surface area contributed by atoms with E-state index in [2.05, 4.69) is 27.3 Å². The maximum Gasteiger partial charge on any atom is 0.151 e. The highest BCUT2D eigenvalue weighted by molar-refractivity contribution is 6.00. The molecule has 4 heteroatoms. The average molecular weight is 244 g/mol. The number of aliphatic imine (C=N–C) groups is 2. The van der Waals surface area contributed by atoms with Crippen LogP contribution in [0.25, 0.3) is 0 Å². The molecule has 0 atom stereocenters. The maximum absolute atomic E-state index is 4.50. The summed E-state index contributed by atoms with van der Waals surface area (Å²) in [6.45, 7) is 7.49. The zero-order valence-corrected chi connectivity index (χ0v) is 11.2. The molecule has 0 unspecified atom stereocenters. The molecule has 96 valence electrons. The molecule has 0 bridgehead atoms. The summed E-state index contributed by atoms with van der Waals surface area (Å²) in [6.07, 6.45) is 6.80. The number of allylic oxidation sites excluding steroid dienone is 1. The van der Waals surface area contributed by atoms with E-state index in [0.717, 1.165) is 11.4 Å². The lowest BCUT2D eigenvalue weighted by atomic mass is 10.3. The van der Waals surface area contributed by atoms with Crippen LogP contribution in [0, 0.1) is 6.92 Å². The molecule has 0 aromatic carbocycles. The SMILES string of the molecule is C=CC(N=Cc1cccc(C)n1)=N/C=C\C.CN. The van der Waals surface area contributed by atoms with E-state index in [4.69, 9.17) is 0 Å². The average Bonchev–Trinajstić information content (AvgIpc) is 2.41. The van der Waals surface area contributed by atoms with Crippen LogP contribution in [0.1, 0.15) is 18.3 Å². The van der Waals surface area contributed by atoms with Crippen molar-refractivity contribution in [3.05, 3.63) is 54.5 Å². The molecule has 1 heterocycles. The van der Waals surface area contributed by atoms with Crippen molar-refractivity contribution in [2.75, 3.05) is 7.05 Å². The van der Waals surface area contributed by atoms with Crippen LogP contribution in [-0.4, -0.2) is 24.1 Å². The number of pyridine rings is 1. The van der Waals surface area contributed by atoms with Crippen LogP contribution in [0.4, 0.5) is 0 Å². The minimum atomic E-state index is 0.571. The second-order valence-electron chi connectivity index (χ2n) is 3.14. The molecule has 0 aliphatic carbocycles. The highest BCUT2D eigenvalue weighted by Crippen LogP contribution is 1.95. The van der Waals surface area contributed by atoms with Gasteiger partial charge in [0.2, 0.25) is 0 Å². The van der Waals surface area contributed by atoms with Gasteiger partial charge in [-0.25, -0.2) is 9.98 Å². The van der Waals surface area contributed by atoms with E-state index < -0.39 is 0 Å². The van der Waals surface area contributed by atoms with Crippen LogP contribution in [0.2, 0.25) is 0 Å². The van der Waals surface area contributed by atoms with Crippen LogP contribution in [0.15, 0.2) is 53.1 Å². The summed E-state index contributed by atoms with van der Waals surface area (Å²) >= 11 is 0. The molecule has 2 N–H and O–H groups in total. The molecular formula is C14H20N4. The van der Waals surface area contributed by atoms with Gasteiger partial charge in [0, 0.05) is 11.9 Å². The molecule has 1 aromatic rings. The lowest BCUT2D eigenvalue weighted by Crippen LogP contribution is -1.93. The molecule has 0 amide bonds. The van der Waals surface area contributed by atoms with Crippen molar-refractivity contribution in [2.45, 2.75) is 13.8 Å². The van der Waals surface area contributed by atoms with Crippen molar-refractivity contribution in [1.82, 2.24) is 4.98 Å². The Kier molecular flexibility index (Phi) is 8.95. The second-order valence-corrected chi connectivity index (χ2v) is 3.14. The third-order valence-electron chi connectivity index (χ3n) is 1.78. The largest absolute Gasteiger partial charge is 0.333 e. The Hall–Kier alpha value is -2.07. The Morgan fingerprint density at radius 1 is 1.39 bits per heavy atom. The highest BCUT2D eigenvalue weighted by Gasteiger charge is 1.90. The molecule has 0 aliphatic rings. The minimum absolute atomic E-state index is 0.571. The number of amidine groups is 1. The molecular weight excluding hydrogens is 224 g/mol. The molecule has 4 nitrogen and oxygen atoms in total. The van der Waals surface area contributed by atoms with Gasteiger partial charge in [-0.3, -0.25) is 4.98 Å². The van der Waals surface area contributed by atoms with Crippen molar-refractivity contribution in [2.24, 2.45) is 15.7 Å². The van der Waals surface area contributed by atoms with Crippen LogP contribution >= 0.6 is 0 Å². The quantitative estimate of drug-likeness (QED) is 0.656. The van der Waals surface area contributed by atoms with E-state index in [-0.39, 0.29) is 0 Å². The Bertz CT molecular complexity index is 445. The van der Waals surface area contributed by atoms with Crippen molar-refractivity contribution < 1.29 is 0 Å². The lowest BCUT2D eigenvalue weighted by Gasteiger charge is -1.94. The van der Waals surface area contributed by atoms with Crippen molar-refractivity contribution in [3.63, 3.8) is 0 Å². The van der Waals surface area contributed by atoms with E-state index in [1.165, 1.54) is 7.05 Å².